The minimum atomic E-state index is -5.17. The Balaban J connectivity index is 2.65. The normalized spacial score (nSPS) is 10.9. The Bertz CT molecular complexity index is 490. The van der Waals surface area contributed by atoms with Crippen molar-refractivity contribution in [1.82, 2.24) is 5.32 Å². The van der Waals surface area contributed by atoms with Crippen LogP contribution in [0.25, 0.3) is 0 Å². The molecule has 0 aliphatic carbocycles. The van der Waals surface area contributed by atoms with Crippen molar-refractivity contribution < 1.29 is 27.2 Å². The second-order valence-electron chi connectivity index (χ2n) is 3.03. The molecule has 0 fully saturated rings. The minimum Gasteiger partial charge on any atom is -0.308 e. The number of anilines is 1. The Kier molecular flexibility index (Phi) is 4.12. The van der Waals surface area contributed by atoms with Crippen molar-refractivity contribution >= 4 is 29.2 Å². The second kappa shape index (κ2) is 5.21. The van der Waals surface area contributed by atoms with Crippen LogP contribution in [0.3, 0.4) is 0 Å². The van der Waals surface area contributed by atoms with Gasteiger partial charge >= 0.3 is 18.1 Å². The molecule has 1 rings (SSSR count). The van der Waals surface area contributed by atoms with Gasteiger partial charge in [0.2, 0.25) is 0 Å². The summed E-state index contributed by atoms with van der Waals surface area (Å²) in [4.78, 5) is 21.4. The van der Waals surface area contributed by atoms with E-state index < -0.39 is 23.9 Å². The summed E-state index contributed by atoms with van der Waals surface area (Å²) >= 11 is 5.38. The van der Waals surface area contributed by atoms with E-state index in [1.54, 1.807) is 0 Å². The average molecular weight is 285 g/mol. The van der Waals surface area contributed by atoms with Crippen molar-refractivity contribution in [3.63, 3.8) is 0 Å². The molecule has 1 aromatic carbocycles. The molecule has 0 radical (unpaired) electrons. The lowest BCUT2D eigenvalue weighted by Gasteiger charge is -2.08. The highest BCUT2D eigenvalue weighted by Crippen LogP contribution is 2.19. The van der Waals surface area contributed by atoms with Crippen LogP contribution in [0, 0.1) is 5.82 Å². The molecular weight excluding hydrogens is 280 g/mol. The van der Waals surface area contributed by atoms with Crippen molar-refractivity contribution in [1.29, 1.82) is 0 Å². The van der Waals surface area contributed by atoms with Gasteiger partial charge in [0.05, 0.1) is 5.02 Å². The maximum atomic E-state index is 12.7. The van der Waals surface area contributed by atoms with Crippen molar-refractivity contribution in [2.45, 2.75) is 6.18 Å². The number of carbonyl (C=O) groups excluding carboxylic acids is 2. The molecule has 0 heterocycles. The van der Waals surface area contributed by atoms with Crippen LogP contribution in [0.5, 0.6) is 0 Å². The predicted octanol–water partition coefficient (Wildman–Crippen LogP) is 2.69. The first-order valence-electron chi connectivity index (χ1n) is 4.34. The van der Waals surface area contributed by atoms with Crippen LogP contribution in [0.2, 0.25) is 5.02 Å². The van der Waals surface area contributed by atoms with Gasteiger partial charge in [0.25, 0.3) is 0 Å². The largest absolute Gasteiger partial charge is 0.471 e. The molecule has 4 nitrogen and oxygen atoms in total. The summed E-state index contributed by atoms with van der Waals surface area (Å²) in [5.74, 6) is -3.16. The molecule has 3 amide bonds. The number of hydrogen-bond acceptors (Lipinski definition) is 2. The number of hydrogen-bond donors (Lipinski definition) is 2. The molecule has 18 heavy (non-hydrogen) atoms. The Labute approximate surface area is 103 Å². The third-order valence-electron chi connectivity index (χ3n) is 1.66. The molecule has 0 atom stereocenters. The number of benzene rings is 1. The second-order valence-corrected chi connectivity index (χ2v) is 3.44. The van der Waals surface area contributed by atoms with Gasteiger partial charge in [-0.3, -0.25) is 10.1 Å². The van der Waals surface area contributed by atoms with Crippen molar-refractivity contribution in [3.8, 4) is 0 Å². The van der Waals surface area contributed by atoms with E-state index >= 15 is 0 Å². The number of imide groups is 1. The first kappa shape index (κ1) is 14.2. The topological polar surface area (TPSA) is 58.2 Å². The number of rotatable bonds is 1. The van der Waals surface area contributed by atoms with Crippen LogP contribution in [-0.4, -0.2) is 18.1 Å². The summed E-state index contributed by atoms with van der Waals surface area (Å²) in [6.45, 7) is 0. The van der Waals surface area contributed by atoms with Gasteiger partial charge in [0, 0.05) is 5.69 Å². The van der Waals surface area contributed by atoms with Gasteiger partial charge in [-0.25, -0.2) is 9.18 Å². The molecule has 98 valence electrons. The lowest BCUT2D eigenvalue weighted by atomic mass is 10.3. The summed E-state index contributed by atoms with van der Waals surface area (Å²) < 4.78 is 48.1. The predicted molar refractivity (Wildman–Crippen MR) is 54.6 cm³/mol. The molecule has 0 spiro atoms. The van der Waals surface area contributed by atoms with E-state index in [2.05, 4.69) is 0 Å². The van der Waals surface area contributed by atoms with Gasteiger partial charge in [-0.15, -0.1) is 0 Å². The molecule has 0 aliphatic heterocycles. The number of nitrogens with one attached hydrogen (secondary N) is 2. The SMILES string of the molecule is O=C(NC(=O)C(F)(F)F)Nc1ccc(F)c(Cl)c1. The summed E-state index contributed by atoms with van der Waals surface area (Å²) in [5, 5.41) is 2.62. The van der Waals surface area contributed by atoms with Crippen LogP contribution >= 0.6 is 11.6 Å². The lowest BCUT2D eigenvalue weighted by molar-refractivity contribution is -0.172. The van der Waals surface area contributed by atoms with Crippen LogP contribution in [-0.2, 0) is 4.79 Å². The lowest BCUT2D eigenvalue weighted by Crippen LogP contribution is -2.42. The van der Waals surface area contributed by atoms with Gasteiger partial charge in [-0.05, 0) is 18.2 Å². The zero-order valence-electron chi connectivity index (χ0n) is 8.44. The molecule has 9 heteroatoms. The van der Waals surface area contributed by atoms with Gasteiger partial charge in [0.1, 0.15) is 5.82 Å². The molecule has 2 N–H and O–H groups in total. The fourth-order valence-electron chi connectivity index (χ4n) is 0.910. The summed E-state index contributed by atoms with van der Waals surface area (Å²) in [6, 6.07) is 1.55. The highest BCUT2D eigenvalue weighted by atomic mass is 35.5. The quantitative estimate of drug-likeness (QED) is 0.779. The van der Waals surface area contributed by atoms with E-state index in [-0.39, 0.29) is 10.7 Å². The zero-order valence-corrected chi connectivity index (χ0v) is 9.19. The van der Waals surface area contributed by atoms with E-state index in [0.717, 1.165) is 23.5 Å². The molecular formula is C9H5ClF4N2O2. The molecule has 0 aromatic heterocycles. The Morgan fingerprint density at radius 2 is 1.83 bits per heavy atom. The molecule has 0 aliphatic rings. The highest BCUT2D eigenvalue weighted by Gasteiger charge is 2.39. The highest BCUT2D eigenvalue weighted by molar-refractivity contribution is 6.31. The van der Waals surface area contributed by atoms with E-state index in [4.69, 9.17) is 11.6 Å². The van der Waals surface area contributed by atoms with Gasteiger partial charge in [-0.1, -0.05) is 11.6 Å². The van der Waals surface area contributed by atoms with E-state index in [0.29, 0.717) is 0 Å². The van der Waals surface area contributed by atoms with E-state index in [1.165, 1.54) is 0 Å². The van der Waals surface area contributed by atoms with Crippen molar-refractivity contribution in [3.05, 3.63) is 29.0 Å². The third-order valence-corrected chi connectivity index (χ3v) is 1.95. The van der Waals surface area contributed by atoms with Crippen molar-refractivity contribution in [2.24, 2.45) is 0 Å². The third kappa shape index (κ3) is 3.88. The maximum absolute atomic E-state index is 12.7. The van der Waals surface area contributed by atoms with Gasteiger partial charge in [0.15, 0.2) is 0 Å². The van der Waals surface area contributed by atoms with E-state index in [1.807, 2.05) is 5.32 Å². The van der Waals surface area contributed by atoms with Gasteiger partial charge in [-0.2, -0.15) is 13.2 Å². The number of halogens is 5. The molecule has 1 aromatic rings. The number of carbonyl (C=O) groups is 2. The average Bonchev–Trinajstić information content (AvgIpc) is 2.22. The van der Waals surface area contributed by atoms with Crippen LogP contribution < -0.4 is 10.6 Å². The summed E-state index contributed by atoms with van der Waals surface area (Å²) in [7, 11) is 0. The van der Waals surface area contributed by atoms with Crippen LogP contribution in [0.15, 0.2) is 18.2 Å². The maximum Gasteiger partial charge on any atom is 0.471 e. The summed E-state index contributed by atoms with van der Waals surface area (Å²) in [6.07, 6.45) is -5.17. The standard InChI is InChI=1S/C9H5ClF4N2O2/c10-5-3-4(1-2-6(5)11)15-8(18)16-7(17)9(12,13)14/h1-3H,(H2,15,16,17,18). The number of alkyl halides is 3. The first-order valence-corrected chi connectivity index (χ1v) is 4.72. The number of urea groups is 1. The first-order chi connectivity index (χ1) is 8.20. The monoisotopic (exact) mass is 284 g/mol. The van der Waals surface area contributed by atoms with Crippen LogP contribution in [0.1, 0.15) is 0 Å². The Morgan fingerprint density at radius 3 is 2.33 bits per heavy atom. The van der Waals surface area contributed by atoms with Crippen molar-refractivity contribution in [2.75, 3.05) is 5.32 Å². The molecule has 0 saturated heterocycles. The smallest absolute Gasteiger partial charge is 0.308 e. The van der Waals surface area contributed by atoms with Crippen LogP contribution in [0.4, 0.5) is 28.0 Å². The molecule has 0 bridgehead atoms. The zero-order chi connectivity index (χ0) is 13.9. The fourth-order valence-corrected chi connectivity index (χ4v) is 1.09. The molecule has 0 saturated carbocycles. The molecule has 0 unspecified atom stereocenters. The Morgan fingerprint density at radius 1 is 1.22 bits per heavy atom. The minimum absolute atomic E-state index is 0.0612. The Hall–Kier alpha value is -1.83. The van der Waals surface area contributed by atoms with E-state index in [9.17, 15) is 27.2 Å². The fraction of sp³-hybridized carbons (Fsp3) is 0.111. The number of amides is 3. The van der Waals surface area contributed by atoms with Gasteiger partial charge < -0.3 is 5.32 Å². The summed E-state index contributed by atoms with van der Waals surface area (Å²) in [5.41, 5.74) is -0.0612.